The Morgan fingerprint density at radius 3 is 2.47 bits per heavy atom. The molecule has 1 saturated carbocycles. The molecule has 38 heavy (non-hydrogen) atoms. The van der Waals surface area contributed by atoms with Crippen LogP contribution in [-0.2, 0) is 17.5 Å². The summed E-state index contributed by atoms with van der Waals surface area (Å²) < 4.78 is 68.4. The molecule has 198 valence electrons. The maximum atomic E-state index is 13.6. The summed E-state index contributed by atoms with van der Waals surface area (Å²) in [6, 6.07) is 9.56. The zero-order valence-electron chi connectivity index (χ0n) is 19.2. The van der Waals surface area contributed by atoms with Gasteiger partial charge < -0.3 is 11.1 Å². The summed E-state index contributed by atoms with van der Waals surface area (Å²) in [4.78, 5) is 29.2. The Balaban J connectivity index is 1.59. The Labute approximate surface area is 220 Å². The molecule has 0 atom stereocenters. The third-order valence-electron chi connectivity index (χ3n) is 5.94. The molecule has 1 aliphatic rings. The number of anilines is 1. The molecule has 3 N–H and O–H groups in total. The Morgan fingerprint density at radius 2 is 1.89 bits per heavy atom. The Bertz CT molecular complexity index is 1560. The van der Waals surface area contributed by atoms with Crippen LogP contribution in [-0.4, -0.2) is 26.6 Å². The van der Waals surface area contributed by atoms with E-state index in [-0.39, 0.29) is 38.0 Å². The number of rotatable bonds is 7. The predicted molar refractivity (Wildman–Crippen MR) is 131 cm³/mol. The van der Waals surface area contributed by atoms with Gasteiger partial charge in [-0.1, -0.05) is 41.9 Å². The molecule has 0 radical (unpaired) electrons. The number of pyridine rings is 1. The van der Waals surface area contributed by atoms with Crippen LogP contribution in [0.25, 0.3) is 21.3 Å². The second-order valence-corrected chi connectivity index (χ2v) is 10.0. The number of fused-ring (bicyclic) bond motifs is 1. The number of nitrogens with one attached hydrogen (secondary N) is 1. The van der Waals surface area contributed by atoms with Crippen molar-refractivity contribution in [3.63, 3.8) is 0 Å². The van der Waals surface area contributed by atoms with E-state index in [9.17, 15) is 31.5 Å². The van der Waals surface area contributed by atoms with Crippen molar-refractivity contribution >= 4 is 50.7 Å². The summed E-state index contributed by atoms with van der Waals surface area (Å²) in [5.41, 5.74) is 4.51. The first kappa shape index (κ1) is 26.0. The molecule has 7 nitrogen and oxygen atoms in total. The lowest BCUT2D eigenvalue weighted by Crippen LogP contribution is -2.23. The summed E-state index contributed by atoms with van der Waals surface area (Å²) in [6.45, 7) is -0.639. The van der Waals surface area contributed by atoms with E-state index in [1.54, 1.807) is 30.3 Å². The van der Waals surface area contributed by atoms with Crippen LogP contribution in [0.2, 0.25) is 5.02 Å². The number of carbonyl (C=O) groups is 2. The van der Waals surface area contributed by atoms with Gasteiger partial charge in [0.25, 0.3) is 12.3 Å². The molecule has 5 rings (SSSR count). The largest absolute Gasteiger partial charge is 0.436 e. The normalized spacial score (nSPS) is 13.9. The minimum absolute atomic E-state index is 0.0333. The van der Waals surface area contributed by atoms with Gasteiger partial charge in [-0.25, -0.2) is 13.8 Å². The molecule has 1 aliphatic carbocycles. The van der Waals surface area contributed by atoms with Gasteiger partial charge in [0.05, 0.1) is 16.4 Å². The van der Waals surface area contributed by atoms with E-state index in [1.165, 1.54) is 0 Å². The number of hydrogen-bond acceptors (Lipinski definition) is 5. The Kier molecular flexibility index (Phi) is 6.59. The van der Waals surface area contributed by atoms with Gasteiger partial charge in [-0.05, 0) is 30.0 Å². The summed E-state index contributed by atoms with van der Waals surface area (Å²) >= 11 is 6.71. The van der Waals surface area contributed by atoms with Gasteiger partial charge >= 0.3 is 6.18 Å². The number of hydrogen-bond donors (Lipinski definition) is 2. The molecular formula is C24H17ClF5N5O2S. The molecule has 0 unspecified atom stereocenters. The summed E-state index contributed by atoms with van der Waals surface area (Å²) in [5.74, 6) is -2.02. The van der Waals surface area contributed by atoms with Gasteiger partial charge in [0.2, 0.25) is 5.91 Å². The van der Waals surface area contributed by atoms with Crippen LogP contribution in [0.1, 0.15) is 51.9 Å². The highest BCUT2D eigenvalue weighted by Crippen LogP contribution is 2.47. The third kappa shape index (κ3) is 4.83. The van der Waals surface area contributed by atoms with Crippen molar-refractivity contribution in [1.82, 2.24) is 14.8 Å². The molecular weight excluding hydrogens is 553 g/mol. The smallest absolute Gasteiger partial charge is 0.365 e. The number of benzene rings is 1. The highest BCUT2D eigenvalue weighted by Gasteiger charge is 2.42. The maximum Gasteiger partial charge on any atom is 0.436 e. The number of amides is 2. The predicted octanol–water partition coefficient (Wildman–Crippen LogP) is 6.38. The van der Waals surface area contributed by atoms with Gasteiger partial charge in [-0.2, -0.15) is 18.3 Å². The average Bonchev–Trinajstić information content (AvgIpc) is 3.54. The van der Waals surface area contributed by atoms with Gasteiger partial charge in [0, 0.05) is 11.3 Å². The van der Waals surface area contributed by atoms with E-state index >= 15 is 0 Å². The van der Waals surface area contributed by atoms with Crippen LogP contribution in [0.5, 0.6) is 0 Å². The topological polar surface area (TPSA) is 103 Å². The second-order valence-electron chi connectivity index (χ2n) is 8.64. The van der Waals surface area contributed by atoms with Crippen LogP contribution < -0.4 is 11.1 Å². The summed E-state index contributed by atoms with van der Waals surface area (Å²) in [6.07, 6.45) is -6.52. The molecule has 3 aromatic heterocycles. The molecule has 2 amide bonds. The number of carbonyl (C=O) groups excluding carboxylic acids is 2. The molecule has 3 heterocycles. The molecule has 0 spiro atoms. The molecule has 1 fully saturated rings. The van der Waals surface area contributed by atoms with Crippen LogP contribution in [0.4, 0.5) is 27.6 Å². The lowest BCUT2D eigenvalue weighted by atomic mass is 10.0. The molecule has 4 aromatic rings. The fourth-order valence-corrected chi connectivity index (χ4v) is 5.59. The highest BCUT2D eigenvalue weighted by molar-refractivity contribution is 7.21. The van der Waals surface area contributed by atoms with E-state index in [4.69, 9.17) is 17.3 Å². The summed E-state index contributed by atoms with van der Waals surface area (Å²) in [7, 11) is 0. The number of thiophene rings is 1. The Hall–Kier alpha value is -3.58. The van der Waals surface area contributed by atoms with Crippen molar-refractivity contribution in [2.45, 2.75) is 37.9 Å². The number of aromatic nitrogens is 3. The SMILES string of the molecule is NC(=O)c1sc2nc(C(F)F)cc(-c3ccccc3)c2c1NC(=O)Cn1nc(C(F)(F)F)c(Cl)c1C1CC1. The summed E-state index contributed by atoms with van der Waals surface area (Å²) in [5, 5.41) is 5.72. The van der Waals surface area contributed by atoms with Crippen molar-refractivity contribution in [3.05, 3.63) is 63.4 Å². The van der Waals surface area contributed by atoms with E-state index in [2.05, 4.69) is 15.4 Å². The van der Waals surface area contributed by atoms with Crippen molar-refractivity contribution in [2.24, 2.45) is 5.73 Å². The van der Waals surface area contributed by atoms with Crippen molar-refractivity contribution in [2.75, 3.05) is 5.32 Å². The molecule has 1 aromatic carbocycles. The van der Waals surface area contributed by atoms with Crippen LogP contribution in [0.15, 0.2) is 36.4 Å². The van der Waals surface area contributed by atoms with Crippen LogP contribution in [0.3, 0.4) is 0 Å². The van der Waals surface area contributed by atoms with Crippen LogP contribution >= 0.6 is 22.9 Å². The first-order valence-corrected chi connectivity index (χ1v) is 12.4. The lowest BCUT2D eigenvalue weighted by Gasteiger charge is -2.12. The number of halogens is 6. The van der Waals surface area contributed by atoms with Gasteiger partial charge in [0.15, 0.2) is 5.69 Å². The van der Waals surface area contributed by atoms with Gasteiger partial charge in [-0.3, -0.25) is 14.3 Å². The molecule has 14 heteroatoms. The average molecular weight is 570 g/mol. The van der Waals surface area contributed by atoms with E-state index in [0.29, 0.717) is 18.4 Å². The van der Waals surface area contributed by atoms with Crippen molar-refractivity contribution in [1.29, 1.82) is 0 Å². The number of alkyl halides is 5. The minimum Gasteiger partial charge on any atom is -0.365 e. The number of primary amides is 1. The second kappa shape index (κ2) is 9.62. The number of nitrogens with zero attached hydrogens (tertiary/aromatic N) is 3. The third-order valence-corrected chi connectivity index (χ3v) is 7.41. The zero-order valence-corrected chi connectivity index (χ0v) is 20.7. The molecule has 0 bridgehead atoms. The lowest BCUT2D eigenvalue weighted by molar-refractivity contribution is -0.141. The van der Waals surface area contributed by atoms with Gasteiger partial charge in [0.1, 0.15) is 21.9 Å². The minimum atomic E-state index is -4.82. The first-order valence-electron chi connectivity index (χ1n) is 11.2. The van der Waals surface area contributed by atoms with E-state index in [1.807, 2.05) is 0 Å². The first-order chi connectivity index (χ1) is 18.0. The zero-order chi connectivity index (χ0) is 27.4. The monoisotopic (exact) mass is 569 g/mol. The van der Waals surface area contributed by atoms with E-state index in [0.717, 1.165) is 22.1 Å². The van der Waals surface area contributed by atoms with Crippen molar-refractivity contribution in [3.8, 4) is 11.1 Å². The fraction of sp³-hybridized carbons (Fsp3) is 0.250. The van der Waals surface area contributed by atoms with Gasteiger partial charge in [-0.15, -0.1) is 11.3 Å². The molecule has 0 aliphatic heterocycles. The van der Waals surface area contributed by atoms with E-state index < -0.39 is 47.4 Å². The molecule has 0 saturated heterocycles. The van der Waals surface area contributed by atoms with Crippen molar-refractivity contribution < 1.29 is 31.5 Å². The maximum absolute atomic E-state index is 13.6. The van der Waals surface area contributed by atoms with Crippen LogP contribution in [0, 0.1) is 0 Å². The quantitative estimate of drug-likeness (QED) is 0.252. The number of nitrogens with two attached hydrogens (primary N) is 1. The standard InChI is InChI=1S/C24H17ClF5N5O2S/c25-16-18(11-6-7-11)35(34-20(16)24(28,29)30)9-14(36)33-17-15-12(10-4-2-1-3-5-10)8-13(21(26)27)32-23(15)38-19(17)22(31)37/h1-5,8,11,21H,6-7,9H2,(H2,31,37)(H,33,36). The highest BCUT2D eigenvalue weighted by atomic mass is 35.5. The fourth-order valence-electron chi connectivity index (χ4n) is 4.18. The Morgan fingerprint density at radius 1 is 1.21 bits per heavy atom.